The minimum atomic E-state index is -0.885. The lowest BCUT2D eigenvalue weighted by atomic mass is 10.0. The van der Waals surface area contributed by atoms with Gasteiger partial charge in [0.2, 0.25) is 0 Å². The van der Waals surface area contributed by atoms with Gasteiger partial charge in [-0.25, -0.2) is 0 Å². The van der Waals surface area contributed by atoms with Crippen LogP contribution in [0.25, 0.3) is 21.2 Å². The van der Waals surface area contributed by atoms with Crippen molar-refractivity contribution in [2.45, 2.75) is 19.6 Å². The molecule has 0 amide bonds. The van der Waals surface area contributed by atoms with Gasteiger partial charge in [0.1, 0.15) is 12.4 Å². The first kappa shape index (κ1) is 19.1. The van der Waals surface area contributed by atoms with E-state index in [4.69, 9.17) is 15.6 Å². The van der Waals surface area contributed by atoms with Crippen LogP contribution in [-0.4, -0.2) is 15.4 Å². The average Bonchev–Trinajstić information content (AvgIpc) is 3.15. The molecule has 0 fully saturated rings. The van der Waals surface area contributed by atoms with Crippen LogP contribution in [0.4, 0.5) is 0 Å². The van der Waals surface area contributed by atoms with Crippen LogP contribution < -0.4 is 10.5 Å². The zero-order valence-electron chi connectivity index (χ0n) is 15.7. The van der Waals surface area contributed by atoms with Crippen molar-refractivity contribution in [3.63, 3.8) is 0 Å². The fourth-order valence-electron chi connectivity index (χ4n) is 3.25. The third-order valence-electron chi connectivity index (χ3n) is 4.72. The molecule has 0 atom stereocenters. The van der Waals surface area contributed by atoms with Gasteiger partial charge >= 0.3 is 5.97 Å². The van der Waals surface area contributed by atoms with Gasteiger partial charge in [0.15, 0.2) is 0 Å². The van der Waals surface area contributed by atoms with Crippen LogP contribution in [0.2, 0.25) is 0 Å². The molecule has 6 heteroatoms. The van der Waals surface area contributed by atoms with Gasteiger partial charge in [0.05, 0.1) is 16.8 Å². The van der Waals surface area contributed by atoms with E-state index in [1.165, 1.54) is 11.5 Å². The molecule has 0 radical (unpaired) electrons. The van der Waals surface area contributed by atoms with E-state index in [0.29, 0.717) is 17.9 Å². The summed E-state index contributed by atoms with van der Waals surface area (Å²) in [7, 11) is 0. The molecule has 5 nitrogen and oxygen atoms in total. The lowest BCUT2D eigenvalue weighted by Gasteiger charge is -2.09. The number of carbonyl (C=O) groups is 1. The smallest absolute Gasteiger partial charge is 0.307 e. The molecule has 0 aliphatic heterocycles. The highest BCUT2D eigenvalue weighted by Crippen LogP contribution is 2.30. The summed E-state index contributed by atoms with van der Waals surface area (Å²) in [4.78, 5) is 11.1. The lowest BCUT2D eigenvalue weighted by Crippen LogP contribution is -2.04. The predicted octanol–water partition coefficient (Wildman–Crippen LogP) is 4.63. The molecule has 0 aliphatic carbocycles. The fourth-order valence-corrected chi connectivity index (χ4v) is 4.01. The number of nitrogens with two attached hydrogens (primary N) is 1. The van der Waals surface area contributed by atoms with Crippen LogP contribution in [0, 0.1) is 0 Å². The van der Waals surface area contributed by atoms with E-state index >= 15 is 0 Å². The van der Waals surface area contributed by atoms with E-state index in [1.807, 2.05) is 24.3 Å². The molecule has 4 aromatic rings. The second kappa shape index (κ2) is 8.43. The van der Waals surface area contributed by atoms with Gasteiger partial charge < -0.3 is 15.6 Å². The van der Waals surface area contributed by atoms with Gasteiger partial charge in [-0.05, 0) is 52.5 Å². The molecule has 0 saturated carbocycles. The molecule has 1 aromatic heterocycles. The molecule has 29 heavy (non-hydrogen) atoms. The number of ether oxygens (including phenoxy) is 1. The van der Waals surface area contributed by atoms with Crippen LogP contribution >= 0.6 is 11.5 Å². The molecule has 0 bridgehead atoms. The highest BCUT2D eigenvalue weighted by Gasteiger charge is 2.12. The number of fused-ring (bicyclic) bond motifs is 1. The van der Waals surface area contributed by atoms with Crippen molar-refractivity contribution in [3.05, 3.63) is 83.6 Å². The number of rotatable bonds is 7. The molecule has 3 N–H and O–H groups in total. The van der Waals surface area contributed by atoms with Crippen molar-refractivity contribution in [2.24, 2.45) is 5.73 Å². The highest BCUT2D eigenvalue weighted by atomic mass is 32.1. The van der Waals surface area contributed by atoms with Crippen LogP contribution in [0.3, 0.4) is 0 Å². The molecule has 146 valence electrons. The lowest BCUT2D eigenvalue weighted by molar-refractivity contribution is -0.136. The molecule has 3 aromatic carbocycles. The first-order chi connectivity index (χ1) is 14.1. The van der Waals surface area contributed by atoms with Gasteiger partial charge in [0.25, 0.3) is 0 Å². The summed E-state index contributed by atoms with van der Waals surface area (Å²) in [5.41, 5.74) is 10.6. The van der Waals surface area contributed by atoms with Gasteiger partial charge in [-0.1, -0.05) is 42.5 Å². The number of aromatic nitrogens is 1. The number of carboxylic acid groups (broad SMARTS) is 1. The first-order valence-corrected chi connectivity index (χ1v) is 10.0. The van der Waals surface area contributed by atoms with E-state index in [1.54, 1.807) is 12.1 Å². The SMILES string of the molecule is NCc1cccc(-c2ccc3snc(COc4ccccc4CC(=O)O)c3c2)c1. The van der Waals surface area contributed by atoms with E-state index in [-0.39, 0.29) is 13.0 Å². The minimum Gasteiger partial charge on any atom is -0.487 e. The second-order valence-electron chi connectivity index (χ2n) is 6.71. The maximum Gasteiger partial charge on any atom is 0.307 e. The summed E-state index contributed by atoms with van der Waals surface area (Å²) in [5.74, 6) is -0.313. The Kier molecular flexibility index (Phi) is 5.55. The topological polar surface area (TPSA) is 85.4 Å². The molecule has 0 saturated heterocycles. The van der Waals surface area contributed by atoms with Crippen molar-refractivity contribution in [1.29, 1.82) is 0 Å². The maximum atomic E-state index is 11.1. The largest absolute Gasteiger partial charge is 0.487 e. The Bertz CT molecular complexity index is 1170. The Labute approximate surface area is 172 Å². The Morgan fingerprint density at radius 3 is 2.69 bits per heavy atom. The zero-order valence-corrected chi connectivity index (χ0v) is 16.5. The third-order valence-corrected chi connectivity index (χ3v) is 5.58. The minimum absolute atomic E-state index is 0.0738. The Morgan fingerprint density at radius 2 is 1.86 bits per heavy atom. The number of carboxylic acids is 1. The number of nitrogens with zero attached hydrogens (tertiary/aromatic N) is 1. The van der Waals surface area contributed by atoms with Gasteiger partial charge in [-0.2, -0.15) is 4.37 Å². The number of aliphatic carboxylic acids is 1. The number of hydrogen-bond donors (Lipinski definition) is 2. The van der Waals surface area contributed by atoms with E-state index < -0.39 is 5.97 Å². The summed E-state index contributed by atoms with van der Waals surface area (Å²) >= 11 is 1.43. The van der Waals surface area contributed by atoms with Crippen molar-refractivity contribution < 1.29 is 14.6 Å². The quantitative estimate of drug-likeness (QED) is 0.469. The van der Waals surface area contributed by atoms with Gasteiger partial charge in [0, 0.05) is 17.5 Å². The maximum absolute atomic E-state index is 11.1. The molecule has 0 spiro atoms. The molecular formula is C23H20N2O3S. The van der Waals surface area contributed by atoms with Crippen molar-refractivity contribution in [3.8, 4) is 16.9 Å². The Hall–Kier alpha value is -3.22. The van der Waals surface area contributed by atoms with Gasteiger partial charge in [-0.15, -0.1) is 0 Å². The van der Waals surface area contributed by atoms with Crippen LogP contribution in [-0.2, 0) is 24.4 Å². The monoisotopic (exact) mass is 404 g/mol. The molecule has 4 rings (SSSR count). The number of hydrogen-bond acceptors (Lipinski definition) is 5. The average molecular weight is 404 g/mol. The van der Waals surface area contributed by atoms with Crippen molar-refractivity contribution in [2.75, 3.05) is 0 Å². The standard InChI is InChI=1S/C23H20N2O3S/c24-13-15-4-3-6-16(10-15)17-8-9-22-19(11-17)20(25-29-22)14-28-21-7-2-1-5-18(21)12-23(26)27/h1-11H,12-14,24H2,(H,26,27). The van der Waals surface area contributed by atoms with Crippen LogP contribution in [0.1, 0.15) is 16.8 Å². The summed E-state index contributed by atoms with van der Waals surface area (Å²) in [6.07, 6.45) is -0.0738. The zero-order chi connectivity index (χ0) is 20.2. The van der Waals surface area contributed by atoms with Crippen molar-refractivity contribution >= 4 is 27.6 Å². The van der Waals surface area contributed by atoms with Gasteiger partial charge in [-0.3, -0.25) is 4.79 Å². The number of benzene rings is 3. The van der Waals surface area contributed by atoms with E-state index in [9.17, 15) is 4.79 Å². The van der Waals surface area contributed by atoms with E-state index in [2.05, 4.69) is 34.7 Å². The van der Waals surface area contributed by atoms with E-state index in [0.717, 1.165) is 32.5 Å². The van der Waals surface area contributed by atoms with Crippen LogP contribution in [0.15, 0.2) is 66.7 Å². The van der Waals surface area contributed by atoms with Crippen molar-refractivity contribution in [1.82, 2.24) is 4.37 Å². The third kappa shape index (κ3) is 4.29. The summed E-state index contributed by atoms with van der Waals surface area (Å²) in [6, 6.07) is 21.7. The summed E-state index contributed by atoms with van der Waals surface area (Å²) < 4.78 is 11.6. The highest BCUT2D eigenvalue weighted by molar-refractivity contribution is 7.13. The molecule has 1 heterocycles. The molecule has 0 aliphatic rings. The normalized spacial score (nSPS) is 10.9. The molecular weight excluding hydrogens is 384 g/mol. The summed E-state index contributed by atoms with van der Waals surface area (Å²) in [5, 5.41) is 10.1. The predicted molar refractivity (Wildman–Crippen MR) is 115 cm³/mol. The summed E-state index contributed by atoms with van der Waals surface area (Å²) in [6.45, 7) is 0.786. The first-order valence-electron chi connectivity index (χ1n) is 9.24. The van der Waals surface area contributed by atoms with Crippen LogP contribution in [0.5, 0.6) is 5.75 Å². The number of para-hydroxylation sites is 1. The fraction of sp³-hybridized carbons (Fsp3) is 0.130. The second-order valence-corrected chi connectivity index (χ2v) is 7.52. The Morgan fingerprint density at radius 1 is 1.03 bits per heavy atom. The Balaban J connectivity index is 1.61. The molecule has 0 unspecified atom stereocenters.